The van der Waals surface area contributed by atoms with Crippen molar-refractivity contribution in [1.82, 2.24) is 0 Å². The van der Waals surface area contributed by atoms with Crippen LogP contribution in [0.2, 0.25) is 0 Å². The molecule has 11 atom stereocenters. The summed E-state index contributed by atoms with van der Waals surface area (Å²) in [5, 5.41) is 105. The number of carbonyl (C=O) groups excluding carboxylic acids is 1. The van der Waals surface area contributed by atoms with Crippen LogP contribution in [0.25, 0.3) is 12.2 Å². The molecule has 0 amide bonds. The number of carbonyl (C=O) groups is 1. The van der Waals surface area contributed by atoms with E-state index in [-0.39, 0.29) is 51.6 Å². The summed E-state index contributed by atoms with van der Waals surface area (Å²) in [6.45, 7) is 0.845. The van der Waals surface area contributed by atoms with Gasteiger partial charge in [-0.3, -0.25) is 0 Å². The monoisotopic (exact) mass is 803 g/mol. The summed E-state index contributed by atoms with van der Waals surface area (Å²) >= 11 is 0. The second-order valence-electron chi connectivity index (χ2n) is 13.4. The van der Waals surface area contributed by atoms with E-state index < -0.39 is 85.8 Å². The van der Waals surface area contributed by atoms with Gasteiger partial charge in [-0.25, -0.2) is 4.79 Å². The Bertz CT molecular complexity index is 1970. The summed E-state index contributed by atoms with van der Waals surface area (Å²) in [4.78, 5) is 12.5. The molecule has 0 aliphatic carbocycles. The first-order valence-corrected chi connectivity index (χ1v) is 17.4. The van der Waals surface area contributed by atoms with Crippen molar-refractivity contribution in [2.75, 3.05) is 20.8 Å². The molecule has 308 valence electrons. The molecule has 3 aliphatic heterocycles. The second kappa shape index (κ2) is 16.9. The first-order chi connectivity index (χ1) is 27.1. The van der Waals surface area contributed by atoms with Gasteiger partial charge in [0.05, 0.1) is 38.6 Å². The fraction of sp³-hybridized carbons (Fsp3) is 0.395. The minimum atomic E-state index is -1.87. The number of aliphatic hydroxyl groups is 6. The Hall–Kier alpha value is -5.51. The number of methoxy groups -OCH3 is 2. The minimum Gasteiger partial charge on any atom is -0.571 e. The molecule has 3 aromatic carbocycles. The van der Waals surface area contributed by atoms with Crippen LogP contribution < -0.4 is 9.47 Å². The van der Waals surface area contributed by atoms with Gasteiger partial charge in [0.25, 0.3) is 11.9 Å². The predicted molar refractivity (Wildman–Crippen MR) is 192 cm³/mol. The van der Waals surface area contributed by atoms with E-state index in [1.54, 1.807) is 0 Å². The Morgan fingerprint density at radius 2 is 1.47 bits per heavy atom. The molecule has 3 aromatic rings. The molecular weight excluding hydrogens is 760 g/mol. The molecule has 2 saturated heterocycles. The lowest BCUT2D eigenvalue weighted by Crippen LogP contribution is -2.61. The standard InChI is InChI=1S/C38H42O19/c1-15-35(57-28(43)7-5-16-4-6-20(40)22(42)8-16)32(47)34(49)37(53-15)52-14-27-30(45)31(46)33(48)38(56-27)55-26-13-19-21(41)11-18(39)12-23(19)54-36(26)17-9-24(50-2)29(44)25(10-17)51-3/h4-13,15,27,30-42,44-49H,14H2,1-3H3/p+1/b7-5-/t15-,27+,30-,31+,32-,33+,34-,35-,36?,37+,38+/m0/s1. The predicted octanol–water partition coefficient (Wildman–Crippen LogP) is 0.501. The number of phenols is 5. The van der Waals surface area contributed by atoms with E-state index >= 15 is 0 Å². The molecule has 0 spiro atoms. The van der Waals surface area contributed by atoms with Crippen LogP contribution in [-0.4, -0.2) is 144 Å². The number of fused-ring (bicyclic) bond motifs is 1. The third kappa shape index (κ3) is 8.60. The normalized spacial score (nSPS) is 29.8. The fourth-order valence-corrected chi connectivity index (χ4v) is 6.46. The van der Waals surface area contributed by atoms with E-state index in [4.69, 9.17) is 33.2 Å². The van der Waals surface area contributed by atoms with Crippen LogP contribution in [0.1, 0.15) is 29.7 Å². The molecule has 3 aliphatic rings. The van der Waals surface area contributed by atoms with Crippen molar-refractivity contribution in [3.8, 4) is 46.0 Å². The molecule has 19 heteroatoms. The van der Waals surface area contributed by atoms with Gasteiger partial charge in [0.15, 0.2) is 41.2 Å². The highest BCUT2D eigenvalue weighted by atomic mass is 16.7. The molecule has 6 rings (SSSR count). The van der Waals surface area contributed by atoms with Crippen LogP contribution in [0.15, 0.2) is 54.3 Å². The van der Waals surface area contributed by atoms with E-state index in [1.165, 1.54) is 69.7 Å². The van der Waals surface area contributed by atoms with Gasteiger partial charge in [-0.2, -0.15) is 0 Å². The molecule has 0 saturated carbocycles. The van der Waals surface area contributed by atoms with Crippen LogP contribution >= 0.6 is 0 Å². The van der Waals surface area contributed by atoms with Gasteiger partial charge in [0.2, 0.25) is 12.0 Å². The third-order valence-corrected chi connectivity index (χ3v) is 9.55. The summed E-state index contributed by atoms with van der Waals surface area (Å²) in [6, 6.07) is 9.08. The van der Waals surface area contributed by atoms with Crippen molar-refractivity contribution in [2.24, 2.45) is 0 Å². The Labute approximate surface area is 323 Å². The van der Waals surface area contributed by atoms with Gasteiger partial charge in [-0.05, 0) is 42.8 Å². The smallest absolute Gasteiger partial charge is 0.331 e. The van der Waals surface area contributed by atoms with E-state index in [0.717, 1.165) is 12.1 Å². The average molecular weight is 804 g/mol. The van der Waals surface area contributed by atoms with Gasteiger partial charge in [-0.15, -0.1) is 0 Å². The van der Waals surface area contributed by atoms with Crippen LogP contribution in [0.3, 0.4) is 0 Å². The van der Waals surface area contributed by atoms with Crippen molar-refractivity contribution in [3.05, 3.63) is 71.0 Å². The van der Waals surface area contributed by atoms with Gasteiger partial charge in [-0.1, -0.05) is 6.07 Å². The van der Waals surface area contributed by atoms with Crippen LogP contribution in [0.4, 0.5) is 0 Å². The Balaban J connectivity index is 1.16. The van der Waals surface area contributed by atoms with Crippen molar-refractivity contribution in [1.29, 1.82) is 0 Å². The summed E-state index contributed by atoms with van der Waals surface area (Å²) in [6.07, 6.45) is -13.6. The first-order valence-electron chi connectivity index (χ1n) is 17.4. The molecule has 0 radical (unpaired) electrons. The highest BCUT2D eigenvalue weighted by Gasteiger charge is 2.49. The van der Waals surface area contributed by atoms with E-state index in [9.17, 15) is 55.9 Å². The van der Waals surface area contributed by atoms with E-state index in [0.29, 0.717) is 11.1 Å². The number of rotatable bonds is 11. The lowest BCUT2D eigenvalue weighted by atomic mass is 9.98. The van der Waals surface area contributed by atoms with Crippen LogP contribution in [0, 0.1) is 0 Å². The van der Waals surface area contributed by atoms with E-state index in [2.05, 4.69) is 4.74 Å². The van der Waals surface area contributed by atoms with Crippen molar-refractivity contribution >= 4 is 18.1 Å². The zero-order valence-electron chi connectivity index (χ0n) is 30.5. The second-order valence-corrected chi connectivity index (χ2v) is 13.4. The number of esters is 1. The van der Waals surface area contributed by atoms with Crippen molar-refractivity contribution in [2.45, 2.75) is 74.4 Å². The van der Waals surface area contributed by atoms with Gasteiger partial charge in [0, 0.05) is 18.2 Å². The molecule has 57 heavy (non-hydrogen) atoms. The molecule has 19 nitrogen and oxygen atoms in total. The number of hydrogen-bond donors (Lipinski definition) is 10. The molecular formula is C38H43O19+. The molecule has 1 unspecified atom stereocenters. The maximum absolute atomic E-state index is 12.5. The Morgan fingerprint density at radius 3 is 2.14 bits per heavy atom. The zero-order valence-corrected chi connectivity index (χ0v) is 30.5. The van der Waals surface area contributed by atoms with Crippen LogP contribution in [0.5, 0.6) is 46.0 Å². The SMILES string of the molecule is COc1cc(C2[OH+]c3cc(O)cc(O)c3C=C2O[C@@H]2O[C@H](CO[C@@H]3O[C@@H](C)[C@H](OC(=O)/C=C\c4ccc(O)c(O)c4)[C@@H](O)[C@@H]3O)[C@H](O)[C@@H](O)[C@H]2O)cc(OC)c1O. The highest BCUT2D eigenvalue weighted by molar-refractivity contribution is 5.87. The number of aliphatic hydroxyl groups excluding tert-OH is 5. The molecule has 0 aromatic heterocycles. The quantitative estimate of drug-likeness (QED) is 0.0546. The van der Waals surface area contributed by atoms with Crippen LogP contribution in [-0.2, 0) is 28.5 Å². The Morgan fingerprint density at radius 1 is 0.789 bits per heavy atom. The molecule has 2 fully saturated rings. The molecule has 0 bridgehead atoms. The molecule has 11 N–H and O–H groups in total. The lowest BCUT2D eigenvalue weighted by Gasteiger charge is -2.43. The average Bonchev–Trinajstić information content (AvgIpc) is 3.18. The maximum Gasteiger partial charge on any atom is 0.331 e. The third-order valence-electron chi connectivity index (χ3n) is 9.55. The maximum atomic E-state index is 12.5. The van der Waals surface area contributed by atoms with Crippen molar-refractivity contribution in [3.63, 3.8) is 0 Å². The van der Waals surface area contributed by atoms with Crippen molar-refractivity contribution < 1.29 is 93.8 Å². The number of aromatic hydroxyl groups is 6. The lowest BCUT2D eigenvalue weighted by molar-refractivity contribution is -0.325. The highest BCUT2D eigenvalue weighted by Crippen LogP contribution is 2.48. The van der Waals surface area contributed by atoms with E-state index in [1.807, 2.05) is 0 Å². The minimum absolute atomic E-state index is 0.00792. The largest absolute Gasteiger partial charge is 0.571 e. The summed E-state index contributed by atoms with van der Waals surface area (Å²) in [5.74, 6) is -2.54. The number of benzene rings is 3. The van der Waals surface area contributed by atoms with Gasteiger partial charge >= 0.3 is 5.97 Å². The molecule has 3 heterocycles. The summed E-state index contributed by atoms with van der Waals surface area (Å²) in [7, 11) is 2.63. The number of ether oxygens (including phenoxy) is 8. The number of phenolic OH excluding ortho intramolecular Hbond substituents is 5. The summed E-state index contributed by atoms with van der Waals surface area (Å²) in [5.41, 5.74) is 0.799. The Kier molecular flexibility index (Phi) is 12.2. The van der Waals surface area contributed by atoms with Gasteiger partial charge < -0.3 is 89.0 Å². The first kappa shape index (κ1) is 41.1. The zero-order chi connectivity index (χ0) is 41.3. The fourth-order valence-electron chi connectivity index (χ4n) is 6.46. The topological polar surface area (TPSA) is 297 Å². The number of hydrogen-bond acceptors (Lipinski definition) is 18. The summed E-state index contributed by atoms with van der Waals surface area (Å²) < 4.78 is 43.8. The van der Waals surface area contributed by atoms with Gasteiger partial charge in [0.1, 0.15) is 53.7 Å².